The molecule has 1 unspecified atom stereocenters. The summed E-state index contributed by atoms with van der Waals surface area (Å²) in [7, 11) is -3.66. The van der Waals surface area contributed by atoms with Crippen molar-refractivity contribution in [2.45, 2.75) is 32.1 Å². The Hall–Kier alpha value is -2.36. The van der Waals surface area contributed by atoms with Crippen LogP contribution in [0.1, 0.15) is 36.8 Å². The second-order valence-electron chi connectivity index (χ2n) is 5.60. The van der Waals surface area contributed by atoms with E-state index in [-0.39, 0.29) is 11.7 Å². The molecule has 2 aromatic rings. The highest BCUT2D eigenvalue weighted by Crippen LogP contribution is 2.22. The zero-order valence-corrected chi connectivity index (χ0v) is 15.1. The van der Waals surface area contributed by atoms with Gasteiger partial charge in [0.05, 0.1) is 17.7 Å². The Labute approximate surface area is 149 Å². The molecule has 0 bridgehead atoms. The Morgan fingerprint density at radius 1 is 1.12 bits per heavy atom. The largest absolute Gasteiger partial charge is 0.399 e. The van der Waals surface area contributed by atoms with Gasteiger partial charge in [-0.3, -0.25) is 4.55 Å². The lowest BCUT2D eigenvalue weighted by atomic mass is 9.93. The van der Waals surface area contributed by atoms with E-state index in [1.54, 1.807) is 0 Å². The van der Waals surface area contributed by atoms with Gasteiger partial charge in [0, 0.05) is 5.69 Å². The molecule has 2 rings (SSSR count). The molecule has 0 aliphatic rings. The maximum atomic E-state index is 9.56. The summed E-state index contributed by atoms with van der Waals surface area (Å²) < 4.78 is 26.9. The molecule has 2 aromatic carbocycles. The van der Waals surface area contributed by atoms with Gasteiger partial charge in [-0.25, -0.2) is 0 Å². The first-order valence-corrected chi connectivity index (χ1v) is 9.70. The zero-order valence-electron chi connectivity index (χ0n) is 14.3. The summed E-state index contributed by atoms with van der Waals surface area (Å²) in [6, 6.07) is 20.4. The van der Waals surface area contributed by atoms with Gasteiger partial charge < -0.3 is 5.73 Å². The van der Waals surface area contributed by atoms with Gasteiger partial charge in [0.25, 0.3) is 10.1 Å². The number of aryl methyl sites for hydroxylation is 1. The number of rotatable bonds is 6. The molecular weight excluding hydrogens is 336 g/mol. The Balaban J connectivity index is 0.000000450. The van der Waals surface area contributed by atoms with E-state index < -0.39 is 10.1 Å². The molecule has 0 saturated heterocycles. The number of hydrogen-bond acceptors (Lipinski definition) is 4. The summed E-state index contributed by atoms with van der Waals surface area (Å²) in [4.78, 5) is 0. The number of benzene rings is 2. The van der Waals surface area contributed by atoms with Crippen LogP contribution in [-0.4, -0.2) is 18.7 Å². The van der Waals surface area contributed by atoms with Gasteiger partial charge in [-0.1, -0.05) is 42.5 Å². The summed E-state index contributed by atoms with van der Waals surface area (Å²) in [5, 5.41) is 9.26. The SMILES string of the molecule is CCS(=O)(=O)O.N#CC(CCCc1ccccc1)c1ccc(N)cc1. The van der Waals surface area contributed by atoms with Crippen LogP contribution in [0.25, 0.3) is 0 Å². The van der Waals surface area contributed by atoms with E-state index in [0.29, 0.717) is 0 Å². The van der Waals surface area contributed by atoms with Crippen LogP contribution in [-0.2, 0) is 16.5 Å². The van der Waals surface area contributed by atoms with Crippen LogP contribution in [0.3, 0.4) is 0 Å². The molecule has 0 aliphatic carbocycles. The molecule has 3 N–H and O–H groups in total. The van der Waals surface area contributed by atoms with E-state index in [2.05, 4.69) is 30.3 Å². The monoisotopic (exact) mass is 360 g/mol. The fourth-order valence-electron chi connectivity index (χ4n) is 2.19. The summed E-state index contributed by atoms with van der Waals surface area (Å²) in [6.45, 7) is 1.37. The van der Waals surface area contributed by atoms with Gasteiger partial charge in [-0.15, -0.1) is 0 Å². The number of nitriles is 1. The lowest BCUT2D eigenvalue weighted by Gasteiger charge is -2.09. The van der Waals surface area contributed by atoms with E-state index >= 15 is 0 Å². The number of nitrogens with two attached hydrogens (primary N) is 1. The Kier molecular flexibility index (Phi) is 8.68. The van der Waals surface area contributed by atoms with E-state index in [4.69, 9.17) is 10.3 Å². The number of nitrogen functional groups attached to an aromatic ring is 1. The molecule has 1 atom stereocenters. The fourth-order valence-corrected chi connectivity index (χ4v) is 2.19. The summed E-state index contributed by atoms with van der Waals surface area (Å²) in [5.74, 6) is -0.239. The first kappa shape index (κ1) is 20.7. The van der Waals surface area contributed by atoms with Crippen LogP contribution < -0.4 is 5.73 Å². The third kappa shape index (κ3) is 8.89. The van der Waals surface area contributed by atoms with Gasteiger partial charge in [-0.2, -0.15) is 13.7 Å². The highest BCUT2D eigenvalue weighted by atomic mass is 32.2. The van der Waals surface area contributed by atoms with Crippen molar-refractivity contribution in [2.24, 2.45) is 0 Å². The molecule has 0 saturated carbocycles. The van der Waals surface area contributed by atoms with Crippen LogP contribution in [0.15, 0.2) is 54.6 Å². The molecule has 0 radical (unpaired) electrons. The van der Waals surface area contributed by atoms with E-state index in [1.807, 2.05) is 30.3 Å². The van der Waals surface area contributed by atoms with Crippen LogP contribution in [0.4, 0.5) is 5.69 Å². The van der Waals surface area contributed by atoms with Gasteiger partial charge in [0.15, 0.2) is 0 Å². The van der Waals surface area contributed by atoms with E-state index in [1.165, 1.54) is 12.5 Å². The minimum Gasteiger partial charge on any atom is -0.399 e. The van der Waals surface area contributed by atoms with Crippen molar-refractivity contribution in [2.75, 3.05) is 11.5 Å². The summed E-state index contributed by atoms with van der Waals surface area (Å²) >= 11 is 0. The average molecular weight is 360 g/mol. The van der Waals surface area contributed by atoms with Crippen LogP contribution in [0.5, 0.6) is 0 Å². The van der Waals surface area contributed by atoms with Crippen molar-refractivity contribution in [1.29, 1.82) is 5.26 Å². The third-order valence-corrected chi connectivity index (χ3v) is 4.39. The molecule has 5 nitrogen and oxygen atoms in total. The van der Waals surface area contributed by atoms with Crippen LogP contribution >= 0.6 is 0 Å². The number of anilines is 1. The fraction of sp³-hybridized carbons (Fsp3) is 0.316. The maximum absolute atomic E-state index is 9.56. The van der Waals surface area contributed by atoms with Crippen molar-refractivity contribution in [3.8, 4) is 6.07 Å². The van der Waals surface area contributed by atoms with Crippen molar-refractivity contribution in [3.05, 3.63) is 65.7 Å². The third-order valence-electron chi connectivity index (χ3n) is 3.66. The Morgan fingerprint density at radius 3 is 2.16 bits per heavy atom. The Morgan fingerprint density at radius 2 is 1.68 bits per heavy atom. The first-order chi connectivity index (χ1) is 11.9. The number of hydrogen-bond donors (Lipinski definition) is 2. The molecule has 6 heteroatoms. The quantitative estimate of drug-likeness (QED) is 0.602. The van der Waals surface area contributed by atoms with Gasteiger partial charge in [-0.05, 0) is 49.4 Å². The van der Waals surface area contributed by atoms with E-state index in [9.17, 15) is 13.7 Å². The molecule has 0 fully saturated rings. The Bertz CT molecular complexity index is 767. The summed E-state index contributed by atoms with van der Waals surface area (Å²) in [6.07, 6.45) is 2.93. The second kappa shape index (κ2) is 10.5. The predicted molar refractivity (Wildman–Crippen MR) is 101 cm³/mol. The molecule has 0 aromatic heterocycles. The highest BCUT2D eigenvalue weighted by molar-refractivity contribution is 7.85. The molecule has 0 amide bonds. The van der Waals surface area contributed by atoms with Crippen molar-refractivity contribution in [1.82, 2.24) is 0 Å². The van der Waals surface area contributed by atoms with Crippen molar-refractivity contribution < 1.29 is 13.0 Å². The molecule has 0 aliphatic heterocycles. The van der Waals surface area contributed by atoms with Crippen molar-refractivity contribution >= 4 is 15.8 Å². The molecular formula is C19H24N2O3S. The smallest absolute Gasteiger partial charge is 0.264 e. The lowest BCUT2D eigenvalue weighted by Crippen LogP contribution is -1.98. The summed E-state index contributed by atoms with van der Waals surface area (Å²) in [5.41, 5.74) is 8.79. The first-order valence-electron chi connectivity index (χ1n) is 8.10. The molecule has 0 spiro atoms. The second-order valence-corrected chi connectivity index (χ2v) is 7.34. The topological polar surface area (TPSA) is 104 Å². The van der Waals surface area contributed by atoms with Gasteiger partial charge in [0.2, 0.25) is 0 Å². The lowest BCUT2D eigenvalue weighted by molar-refractivity contribution is 0.484. The van der Waals surface area contributed by atoms with Gasteiger partial charge in [0.1, 0.15) is 0 Å². The normalized spacial score (nSPS) is 11.7. The minimum absolute atomic E-state index is 0.0377. The van der Waals surface area contributed by atoms with Crippen LogP contribution in [0, 0.1) is 11.3 Å². The highest BCUT2D eigenvalue weighted by Gasteiger charge is 2.09. The molecule has 134 valence electrons. The predicted octanol–water partition coefficient (Wildman–Crippen LogP) is 3.79. The standard InChI is InChI=1S/C17H18N2.C2H6O3S/c18-13-16(15-9-11-17(19)12-10-15)8-4-7-14-5-2-1-3-6-14;1-2-6(3,4)5/h1-3,5-6,9-12,16H,4,7-8,19H2;2H2,1H3,(H,3,4,5). The van der Waals surface area contributed by atoms with Crippen molar-refractivity contribution in [3.63, 3.8) is 0 Å². The molecule has 25 heavy (non-hydrogen) atoms. The van der Waals surface area contributed by atoms with E-state index in [0.717, 1.165) is 30.5 Å². The maximum Gasteiger partial charge on any atom is 0.264 e. The van der Waals surface area contributed by atoms with Gasteiger partial charge >= 0.3 is 0 Å². The zero-order chi connectivity index (χ0) is 18.7. The minimum atomic E-state index is -3.66. The van der Waals surface area contributed by atoms with Crippen LogP contribution in [0.2, 0.25) is 0 Å². The number of nitrogens with zero attached hydrogens (tertiary/aromatic N) is 1. The average Bonchev–Trinajstić information content (AvgIpc) is 2.61. The molecule has 0 heterocycles.